The number of piperazine rings is 1. The van der Waals surface area contributed by atoms with E-state index in [0.717, 1.165) is 32.5 Å². The number of amides is 2. The Bertz CT molecular complexity index is 322. The molecule has 0 bridgehead atoms. The second kappa shape index (κ2) is 5.69. The van der Waals surface area contributed by atoms with Crippen LogP contribution in [0.1, 0.15) is 33.1 Å². The van der Waals surface area contributed by atoms with Crippen LogP contribution in [0.2, 0.25) is 0 Å². The molecular weight excluding hydrogens is 230 g/mol. The molecule has 5 nitrogen and oxygen atoms in total. The van der Waals surface area contributed by atoms with E-state index in [1.165, 1.54) is 0 Å². The van der Waals surface area contributed by atoms with Crippen LogP contribution in [0.3, 0.4) is 0 Å². The van der Waals surface area contributed by atoms with Gasteiger partial charge in [0, 0.05) is 38.1 Å². The summed E-state index contributed by atoms with van der Waals surface area (Å²) in [4.78, 5) is 27.5. The van der Waals surface area contributed by atoms with Gasteiger partial charge in [0.05, 0.1) is 6.54 Å². The predicted octanol–water partition coefficient (Wildman–Crippen LogP) is 0.208. The SMILES string of the molecule is C[C@H]1CN(C(=O)CN2CCCCC2=O)C[C@H](C)N1. The van der Waals surface area contributed by atoms with Crippen molar-refractivity contribution >= 4 is 11.8 Å². The van der Waals surface area contributed by atoms with Gasteiger partial charge in [-0.15, -0.1) is 0 Å². The second-order valence-electron chi connectivity index (χ2n) is 5.54. The number of hydrogen-bond acceptors (Lipinski definition) is 3. The maximum Gasteiger partial charge on any atom is 0.242 e. The van der Waals surface area contributed by atoms with Crippen LogP contribution < -0.4 is 5.32 Å². The van der Waals surface area contributed by atoms with Gasteiger partial charge in [-0.05, 0) is 26.7 Å². The monoisotopic (exact) mass is 253 g/mol. The van der Waals surface area contributed by atoms with E-state index in [1.807, 2.05) is 4.90 Å². The summed E-state index contributed by atoms with van der Waals surface area (Å²) in [5.41, 5.74) is 0. The molecule has 2 amide bonds. The van der Waals surface area contributed by atoms with E-state index in [1.54, 1.807) is 4.90 Å². The van der Waals surface area contributed by atoms with E-state index in [2.05, 4.69) is 19.2 Å². The molecule has 0 saturated carbocycles. The summed E-state index contributed by atoms with van der Waals surface area (Å²) >= 11 is 0. The minimum absolute atomic E-state index is 0.0884. The van der Waals surface area contributed by atoms with E-state index < -0.39 is 0 Å². The first kappa shape index (κ1) is 13.3. The Morgan fingerprint density at radius 2 is 1.94 bits per heavy atom. The second-order valence-corrected chi connectivity index (χ2v) is 5.54. The third-order valence-electron chi connectivity index (χ3n) is 3.66. The van der Waals surface area contributed by atoms with E-state index in [0.29, 0.717) is 18.5 Å². The molecule has 2 rings (SSSR count). The van der Waals surface area contributed by atoms with Gasteiger partial charge in [-0.1, -0.05) is 0 Å². The first-order chi connectivity index (χ1) is 8.56. The topological polar surface area (TPSA) is 52.7 Å². The van der Waals surface area contributed by atoms with Crippen molar-refractivity contribution in [2.45, 2.75) is 45.2 Å². The van der Waals surface area contributed by atoms with Crippen LogP contribution in [0.4, 0.5) is 0 Å². The van der Waals surface area contributed by atoms with Gasteiger partial charge in [0.15, 0.2) is 0 Å². The smallest absolute Gasteiger partial charge is 0.242 e. The molecule has 5 heteroatoms. The lowest BCUT2D eigenvalue weighted by Gasteiger charge is -2.37. The number of nitrogens with one attached hydrogen (secondary N) is 1. The summed E-state index contributed by atoms with van der Waals surface area (Å²) < 4.78 is 0. The summed E-state index contributed by atoms with van der Waals surface area (Å²) in [7, 11) is 0. The summed E-state index contributed by atoms with van der Waals surface area (Å²) in [5, 5.41) is 3.40. The lowest BCUT2D eigenvalue weighted by atomic mass is 10.1. The van der Waals surface area contributed by atoms with Crippen LogP contribution in [0, 0.1) is 0 Å². The van der Waals surface area contributed by atoms with Gasteiger partial charge >= 0.3 is 0 Å². The molecule has 0 spiro atoms. The van der Waals surface area contributed by atoms with Crippen LogP contribution in [-0.4, -0.2) is 59.9 Å². The Morgan fingerprint density at radius 1 is 1.28 bits per heavy atom. The molecular formula is C13H23N3O2. The van der Waals surface area contributed by atoms with Gasteiger partial charge in [-0.25, -0.2) is 0 Å². The number of carbonyl (C=O) groups excluding carboxylic acids is 2. The number of likely N-dealkylation sites (tertiary alicyclic amines) is 1. The lowest BCUT2D eigenvalue weighted by molar-refractivity contribution is -0.142. The van der Waals surface area contributed by atoms with Gasteiger partial charge in [-0.2, -0.15) is 0 Å². The highest BCUT2D eigenvalue weighted by molar-refractivity contribution is 5.85. The normalized spacial score (nSPS) is 29.6. The Labute approximate surface area is 108 Å². The molecule has 102 valence electrons. The summed E-state index contributed by atoms with van der Waals surface area (Å²) in [6.07, 6.45) is 2.58. The lowest BCUT2D eigenvalue weighted by Crippen LogP contribution is -2.57. The van der Waals surface area contributed by atoms with Crippen LogP contribution in [0.15, 0.2) is 0 Å². The van der Waals surface area contributed by atoms with E-state index in [4.69, 9.17) is 0 Å². The number of hydrogen-bond donors (Lipinski definition) is 1. The quantitative estimate of drug-likeness (QED) is 0.765. The Hall–Kier alpha value is -1.10. The van der Waals surface area contributed by atoms with Crippen molar-refractivity contribution in [2.75, 3.05) is 26.2 Å². The van der Waals surface area contributed by atoms with Gasteiger partial charge < -0.3 is 15.1 Å². The maximum atomic E-state index is 12.2. The number of rotatable bonds is 2. The molecule has 0 radical (unpaired) electrons. The Balaban J connectivity index is 1.88. The molecule has 2 aliphatic heterocycles. The largest absolute Gasteiger partial charge is 0.338 e. The van der Waals surface area contributed by atoms with Crippen molar-refractivity contribution in [3.05, 3.63) is 0 Å². The highest BCUT2D eigenvalue weighted by atomic mass is 16.2. The molecule has 2 atom stereocenters. The third-order valence-corrected chi connectivity index (χ3v) is 3.66. The molecule has 0 aromatic heterocycles. The third kappa shape index (κ3) is 3.22. The van der Waals surface area contributed by atoms with E-state index in [9.17, 15) is 9.59 Å². The zero-order valence-electron chi connectivity index (χ0n) is 11.3. The molecule has 2 saturated heterocycles. The fourth-order valence-electron chi connectivity index (χ4n) is 2.82. The van der Waals surface area contributed by atoms with E-state index in [-0.39, 0.29) is 18.4 Å². The number of piperidine rings is 1. The van der Waals surface area contributed by atoms with Crippen molar-refractivity contribution < 1.29 is 9.59 Å². The van der Waals surface area contributed by atoms with Gasteiger partial charge in [-0.3, -0.25) is 9.59 Å². The Kier molecular flexibility index (Phi) is 4.22. The maximum absolute atomic E-state index is 12.2. The van der Waals surface area contributed by atoms with Crippen LogP contribution in [0.5, 0.6) is 0 Å². The molecule has 0 aliphatic carbocycles. The summed E-state index contributed by atoms with van der Waals surface area (Å²) in [5.74, 6) is 0.219. The molecule has 0 unspecified atom stereocenters. The number of carbonyl (C=O) groups is 2. The van der Waals surface area contributed by atoms with Crippen LogP contribution in [-0.2, 0) is 9.59 Å². The highest BCUT2D eigenvalue weighted by Crippen LogP contribution is 2.11. The minimum Gasteiger partial charge on any atom is -0.338 e. The van der Waals surface area contributed by atoms with Crippen LogP contribution >= 0.6 is 0 Å². The molecule has 1 N–H and O–H groups in total. The first-order valence-corrected chi connectivity index (χ1v) is 6.88. The minimum atomic E-state index is 0.0884. The zero-order chi connectivity index (χ0) is 13.1. The molecule has 0 aromatic carbocycles. The average molecular weight is 253 g/mol. The summed E-state index contributed by atoms with van der Waals surface area (Å²) in [6.45, 7) is 6.65. The van der Waals surface area contributed by atoms with E-state index >= 15 is 0 Å². The van der Waals surface area contributed by atoms with Crippen molar-refractivity contribution in [1.82, 2.24) is 15.1 Å². The molecule has 2 fully saturated rings. The van der Waals surface area contributed by atoms with Gasteiger partial charge in [0.2, 0.25) is 11.8 Å². The van der Waals surface area contributed by atoms with Crippen molar-refractivity contribution in [1.29, 1.82) is 0 Å². The van der Waals surface area contributed by atoms with Crippen molar-refractivity contribution in [3.8, 4) is 0 Å². The average Bonchev–Trinajstić information content (AvgIpc) is 2.31. The fraction of sp³-hybridized carbons (Fsp3) is 0.846. The fourth-order valence-corrected chi connectivity index (χ4v) is 2.82. The molecule has 0 aromatic rings. The van der Waals surface area contributed by atoms with Crippen molar-refractivity contribution in [2.24, 2.45) is 0 Å². The molecule has 2 heterocycles. The first-order valence-electron chi connectivity index (χ1n) is 6.88. The predicted molar refractivity (Wildman–Crippen MR) is 69.1 cm³/mol. The van der Waals surface area contributed by atoms with Crippen LogP contribution in [0.25, 0.3) is 0 Å². The summed E-state index contributed by atoms with van der Waals surface area (Å²) in [6, 6.07) is 0.657. The standard InChI is InChI=1S/C13H23N3O2/c1-10-7-16(8-11(2)14-10)13(18)9-15-6-4-3-5-12(15)17/h10-11,14H,3-9H2,1-2H3/t10-,11-/m0/s1. The van der Waals surface area contributed by atoms with Gasteiger partial charge in [0.25, 0.3) is 0 Å². The van der Waals surface area contributed by atoms with Gasteiger partial charge in [0.1, 0.15) is 0 Å². The van der Waals surface area contributed by atoms with Crippen molar-refractivity contribution in [3.63, 3.8) is 0 Å². The molecule has 18 heavy (non-hydrogen) atoms. The number of nitrogens with zero attached hydrogens (tertiary/aromatic N) is 2. The molecule has 2 aliphatic rings. The zero-order valence-corrected chi connectivity index (χ0v) is 11.3. The highest BCUT2D eigenvalue weighted by Gasteiger charge is 2.27. The Morgan fingerprint density at radius 3 is 2.56 bits per heavy atom.